The number of nitrogens with zero attached hydrogens (tertiary/aromatic N) is 4. The molecule has 4 N–H and O–H groups in total. The third kappa shape index (κ3) is 6.11. The fourth-order valence-corrected chi connectivity index (χ4v) is 3.71. The Morgan fingerprint density at radius 2 is 1.84 bits per heavy atom. The number of aromatic amines is 1. The Morgan fingerprint density at radius 3 is 2.59 bits per heavy atom. The van der Waals surface area contributed by atoms with E-state index in [2.05, 4.69) is 60.9 Å². The lowest BCUT2D eigenvalue weighted by atomic mass is 10.3. The maximum absolute atomic E-state index is 6.31. The van der Waals surface area contributed by atoms with Crippen LogP contribution in [-0.2, 0) is 0 Å². The molecule has 9 heteroatoms. The molecule has 3 aromatic rings. The van der Waals surface area contributed by atoms with Crippen LogP contribution in [0.4, 0.5) is 29.1 Å². The van der Waals surface area contributed by atoms with E-state index in [-0.39, 0.29) is 0 Å². The number of benzene rings is 1. The minimum Gasteiger partial charge on any atom is -0.370 e. The molecule has 0 atom stereocenters. The molecule has 0 unspecified atom stereocenters. The molecule has 0 bridgehead atoms. The molecule has 1 aliphatic carbocycles. The van der Waals surface area contributed by atoms with Gasteiger partial charge in [-0.1, -0.05) is 37.6 Å². The number of hydrogen-bond acceptors (Lipinski definition) is 7. The first-order valence-corrected chi connectivity index (χ1v) is 11.7. The third-order valence-corrected chi connectivity index (χ3v) is 5.88. The summed E-state index contributed by atoms with van der Waals surface area (Å²) in [6.07, 6.45) is 3.46. The number of anilines is 5. The van der Waals surface area contributed by atoms with Crippen molar-refractivity contribution in [1.29, 1.82) is 0 Å². The Kier molecular flexibility index (Phi) is 7.44. The number of hydrogen-bond donors (Lipinski definition) is 4. The van der Waals surface area contributed by atoms with Gasteiger partial charge in [-0.25, -0.2) is 0 Å². The van der Waals surface area contributed by atoms with Gasteiger partial charge >= 0.3 is 0 Å². The molecule has 0 amide bonds. The van der Waals surface area contributed by atoms with Crippen LogP contribution >= 0.6 is 11.6 Å². The zero-order valence-electron chi connectivity index (χ0n) is 18.7. The highest BCUT2D eigenvalue weighted by molar-refractivity contribution is 6.33. The molecule has 1 aromatic carbocycles. The smallest absolute Gasteiger partial charge is 0.231 e. The molecule has 1 fully saturated rings. The maximum Gasteiger partial charge on any atom is 0.231 e. The summed E-state index contributed by atoms with van der Waals surface area (Å²) in [7, 11) is 0. The molecular weight excluding hydrogens is 424 g/mol. The van der Waals surface area contributed by atoms with Crippen molar-refractivity contribution in [2.75, 3.05) is 42.1 Å². The van der Waals surface area contributed by atoms with E-state index in [9.17, 15) is 0 Å². The second-order valence-corrected chi connectivity index (χ2v) is 8.39. The van der Waals surface area contributed by atoms with Crippen molar-refractivity contribution in [3.05, 3.63) is 47.1 Å². The summed E-state index contributed by atoms with van der Waals surface area (Å²) in [6.45, 7) is 8.40. The van der Waals surface area contributed by atoms with Gasteiger partial charge in [0.25, 0.3) is 0 Å². The summed E-state index contributed by atoms with van der Waals surface area (Å²) in [5.74, 6) is 3.30. The highest BCUT2D eigenvalue weighted by Crippen LogP contribution is 2.39. The van der Waals surface area contributed by atoms with E-state index in [0.717, 1.165) is 55.6 Å². The Bertz CT molecular complexity index is 1010. The van der Waals surface area contributed by atoms with Crippen molar-refractivity contribution in [2.24, 2.45) is 0 Å². The first-order chi connectivity index (χ1) is 15.6. The zero-order chi connectivity index (χ0) is 22.3. The molecule has 2 aromatic heterocycles. The second kappa shape index (κ2) is 10.7. The average molecular weight is 455 g/mol. The van der Waals surface area contributed by atoms with Crippen LogP contribution in [-0.4, -0.2) is 51.2 Å². The van der Waals surface area contributed by atoms with Crippen molar-refractivity contribution in [2.45, 2.75) is 39.0 Å². The number of nitrogens with one attached hydrogen (secondary N) is 4. The second-order valence-electron chi connectivity index (χ2n) is 7.98. The fraction of sp³-hybridized carbons (Fsp3) is 0.435. The van der Waals surface area contributed by atoms with E-state index in [1.807, 2.05) is 30.3 Å². The summed E-state index contributed by atoms with van der Waals surface area (Å²) in [5.41, 5.74) is 1.86. The quantitative estimate of drug-likeness (QED) is 0.273. The lowest BCUT2D eigenvalue weighted by Gasteiger charge is -2.18. The van der Waals surface area contributed by atoms with E-state index in [1.165, 1.54) is 12.8 Å². The molecule has 0 spiro atoms. The molecule has 0 saturated heterocycles. The van der Waals surface area contributed by atoms with E-state index < -0.39 is 0 Å². The van der Waals surface area contributed by atoms with E-state index in [1.54, 1.807) is 0 Å². The van der Waals surface area contributed by atoms with Crippen molar-refractivity contribution in [1.82, 2.24) is 25.1 Å². The van der Waals surface area contributed by atoms with Crippen molar-refractivity contribution in [3.8, 4) is 0 Å². The van der Waals surface area contributed by atoms with Crippen LogP contribution < -0.4 is 16.0 Å². The minimum absolute atomic E-state index is 0.469. The van der Waals surface area contributed by atoms with Crippen LogP contribution in [0.25, 0.3) is 0 Å². The Morgan fingerprint density at radius 1 is 1.06 bits per heavy atom. The van der Waals surface area contributed by atoms with Gasteiger partial charge in [0.2, 0.25) is 5.95 Å². The van der Waals surface area contributed by atoms with Crippen LogP contribution in [0, 0.1) is 0 Å². The highest BCUT2D eigenvalue weighted by atomic mass is 35.5. The fourth-order valence-electron chi connectivity index (χ4n) is 3.53. The van der Waals surface area contributed by atoms with Gasteiger partial charge < -0.3 is 20.9 Å². The molecule has 1 saturated carbocycles. The van der Waals surface area contributed by atoms with Crippen LogP contribution in [0.1, 0.15) is 44.7 Å². The van der Waals surface area contributed by atoms with Gasteiger partial charge in [0.1, 0.15) is 17.5 Å². The van der Waals surface area contributed by atoms with Gasteiger partial charge in [0.05, 0.1) is 16.4 Å². The number of halogens is 1. The Labute approximate surface area is 194 Å². The number of aromatic nitrogens is 4. The summed E-state index contributed by atoms with van der Waals surface area (Å²) in [5, 5.41) is 18.1. The van der Waals surface area contributed by atoms with Crippen molar-refractivity contribution in [3.63, 3.8) is 0 Å². The minimum atomic E-state index is 0.469. The predicted molar refractivity (Wildman–Crippen MR) is 132 cm³/mol. The first-order valence-electron chi connectivity index (χ1n) is 11.3. The molecule has 0 radical (unpaired) electrons. The monoisotopic (exact) mass is 454 g/mol. The molecular formula is C23H31ClN8. The predicted octanol–water partition coefficient (Wildman–Crippen LogP) is 5.36. The Balaban J connectivity index is 1.48. The van der Waals surface area contributed by atoms with E-state index in [4.69, 9.17) is 11.6 Å². The van der Waals surface area contributed by atoms with Gasteiger partial charge in [-0.05, 0) is 51.0 Å². The molecule has 4 rings (SSSR count). The molecule has 0 aliphatic heterocycles. The highest BCUT2D eigenvalue weighted by Gasteiger charge is 2.26. The largest absolute Gasteiger partial charge is 0.370 e. The van der Waals surface area contributed by atoms with Gasteiger partial charge in [-0.3, -0.25) is 5.10 Å². The molecule has 170 valence electrons. The van der Waals surface area contributed by atoms with Crippen molar-refractivity contribution >= 4 is 40.7 Å². The zero-order valence-corrected chi connectivity index (χ0v) is 19.4. The molecule has 32 heavy (non-hydrogen) atoms. The molecule has 8 nitrogen and oxygen atoms in total. The van der Waals surface area contributed by atoms with Crippen LogP contribution in [0.15, 0.2) is 36.4 Å². The lowest BCUT2D eigenvalue weighted by Crippen LogP contribution is -2.25. The maximum atomic E-state index is 6.31. The van der Waals surface area contributed by atoms with E-state index >= 15 is 0 Å². The normalized spacial score (nSPS) is 13.4. The third-order valence-electron chi connectivity index (χ3n) is 5.55. The number of para-hydroxylation sites is 1. The molecule has 2 heterocycles. The Hall–Kier alpha value is -2.84. The SMILES string of the molecule is CCN(CC)CCCNc1cc(Nc2cc(C3CC3)n[nH]2)nc(Nc2ccccc2Cl)n1. The summed E-state index contributed by atoms with van der Waals surface area (Å²) in [4.78, 5) is 11.7. The van der Waals surface area contributed by atoms with Crippen LogP contribution in [0.3, 0.4) is 0 Å². The number of rotatable bonds is 12. The first kappa shape index (κ1) is 22.4. The van der Waals surface area contributed by atoms with Crippen LogP contribution in [0.5, 0.6) is 0 Å². The topological polar surface area (TPSA) is 93.8 Å². The molecule has 1 aliphatic rings. The summed E-state index contributed by atoms with van der Waals surface area (Å²) >= 11 is 6.31. The van der Waals surface area contributed by atoms with Gasteiger partial charge in [-0.15, -0.1) is 0 Å². The lowest BCUT2D eigenvalue weighted by molar-refractivity contribution is 0.303. The summed E-state index contributed by atoms with van der Waals surface area (Å²) < 4.78 is 0. The van der Waals surface area contributed by atoms with Crippen molar-refractivity contribution < 1.29 is 0 Å². The summed E-state index contributed by atoms with van der Waals surface area (Å²) in [6, 6.07) is 11.5. The van der Waals surface area contributed by atoms with Gasteiger partial charge in [0.15, 0.2) is 0 Å². The number of H-pyrrole nitrogens is 1. The van der Waals surface area contributed by atoms with Gasteiger partial charge in [-0.2, -0.15) is 15.1 Å². The van der Waals surface area contributed by atoms with Crippen LogP contribution in [0.2, 0.25) is 5.02 Å². The standard InChI is InChI=1S/C23H31ClN8/c1-3-32(4-2)13-7-12-25-20-15-21(27-22-14-19(30-31-22)16-10-11-16)29-23(28-20)26-18-9-6-5-8-17(18)24/h5-6,8-9,14-16H,3-4,7,10-13H2,1-2H3,(H4,25,26,27,28,29,30,31). The van der Waals surface area contributed by atoms with Gasteiger partial charge in [0, 0.05) is 24.6 Å². The average Bonchev–Trinajstić information content (AvgIpc) is 3.54. The van der Waals surface area contributed by atoms with E-state index in [0.29, 0.717) is 22.7 Å².